The van der Waals surface area contributed by atoms with E-state index in [-0.39, 0.29) is 11.7 Å². The quantitative estimate of drug-likeness (QED) is 0.804. The third-order valence-corrected chi connectivity index (χ3v) is 3.49. The number of phenolic OH excluding ortho intramolecular Hbond substituents is 1. The fourth-order valence-corrected chi connectivity index (χ4v) is 2.23. The average Bonchev–Trinajstić information content (AvgIpc) is 2.42. The lowest BCUT2D eigenvalue weighted by Gasteiger charge is -2.33. The molecule has 1 saturated heterocycles. The number of nitrogens with zero attached hydrogens (tertiary/aromatic N) is 3. The van der Waals surface area contributed by atoms with Crippen LogP contribution in [0.1, 0.15) is 15.9 Å². The van der Waals surface area contributed by atoms with Gasteiger partial charge in [0.15, 0.2) is 0 Å². The molecule has 1 aromatic carbocycles. The van der Waals surface area contributed by atoms with Crippen LogP contribution in [-0.2, 0) is 0 Å². The second-order valence-corrected chi connectivity index (χ2v) is 4.68. The van der Waals surface area contributed by atoms with Gasteiger partial charge in [0.25, 0.3) is 5.91 Å². The summed E-state index contributed by atoms with van der Waals surface area (Å²) >= 11 is 0. The van der Waals surface area contributed by atoms with Gasteiger partial charge in [-0.2, -0.15) is 5.26 Å². The Balaban J connectivity index is 2.06. The highest BCUT2D eigenvalue weighted by molar-refractivity contribution is 5.96. The number of hydrogen-bond donors (Lipinski definition) is 1. The largest absolute Gasteiger partial charge is 0.508 e. The van der Waals surface area contributed by atoms with E-state index in [0.29, 0.717) is 30.8 Å². The second kappa shape index (κ2) is 5.72. The highest BCUT2D eigenvalue weighted by Gasteiger charge is 2.23. The molecule has 0 aromatic heterocycles. The molecular weight excluding hydrogens is 242 g/mol. The normalized spacial score (nSPS) is 16.1. The van der Waals surface area contributed by atoms with Crippen LogP contribution in [0.25, 0.3) is 0 Å². The maximum absolute atomic E-state index is 12.4. The summed E-state index contributed by atoms with van der Waals surface area (Å²) < 4.78 is 0. The summed E-state index contributed by atoms with van der Waals surface area (Å²) in [6.45, 7) is 4.83. The Hall–Kier alpha value is -2.06. The van der Waals surface area contributed by atoms with Crippen molar-refractivity contribution in [3.05, 3.63) is 29.3 Å². The Labute approximate surface area is 112 Å². The molecule has 2 rings (SSSR count). The van der Waals surface area contributed by atoms with Crippen LogP contribution in [0.2, 0.25) is 0 Å². The molecule has 1 amide bonds. The minimum absolute atomic E-state index is 0.0509. The molecule has 1 heterocycles. The van der Waals surface area contributed by atoms with Crippen molar-refractivity contribution in [2.45, 2.75) is 6.92 Å². The van der Waals surface area contributed by atoms with Crippen LogP contribution in [0.4, 0.5) is 0 Å². The summed E-state index contributed by atoms with van der Waals surface area (Å²) in [5, 5.41) is 18.3. The molecule has 1 fully saturated rings. The van der Waals surface area contributed by atoms with Gasteiger partial charge in [-0.3, -0.25) is 9.69 Å². The highest BCUT2D eigenvalue weighted by Crippen LogP contribution is 2.21. The number of carbonyl (C=O) groups is 1. The topological polar surface area (TPSA) is 67.6 Å². The third kappa shape index (κ3) is 2.85. The van der Waals surface area contributed by atoms with Crippen molar-refractivity contribution in [1.29, 1.82) is 5.26 Å². The number of benzene rings is 1. The summed E-state index contributed by atoms with van der Waals surface area (Å²) in [6, 6.07) is 7.12. The van der Waals surface area contributed by atoms with Crippen molar-refractivity contribution in [3.63, 3.8) is 0 Å². The van der Waals surface area contributed by atoms with E-state index in [2.05, 4.69) is 6.07 Å². The van der Waals surface area contributed by atoms with Gasteiger partial charge in [0.1, 0.15) is 5.75 Å². The van der Waals surface area contributed by atoms with Crippen molar-refractivity contribution < 1.29 is 9.90 Å². The first kappa shape index (κ1) is 13.4. The molecule has 1 N–H and O–H groups in total. The van der Waals surface area contributed by atoms with Gasteiger partial charge in [0, 0.05) is 37.3 Å². The van der Waals surface area contributed by atoms with Crippen LogP contribution >= 0.6 is 0 Å². The van der Waals surface area contributed by atoms with Crippen molar-refractivity contribution in [3.8, 4) is 11.8 Å². The Morgan fingerprint density at radius 1 is 1.37 bits per heavy atom. The van der Waals surface area contributed by atoms with E-state index in [9.17, 15) is 9.90 Å². The lowest BCUT2D eigenvalue weighted by molar-refractivity contribution is 0.0650. The number of rotatable bonds is 2. The summed E-state index contributed by atoms with van der Waals surface area (Å²) in [6.07, 6.45) is 0. The Kier molecular flexibility index (Phi) is 4.03. The minimum atomic E-state index is -0.0509. The first-order valence-corrected chi connectivity index (χ1v) is 6.30. The first-order valence-electron chi connectivity index (χ1n) is 6.30. The number of aromatic hydroxyl groups is 1. The van der Waals surface area contributed by atoms with Gasteiger partial charge in [-0.15, -0.1) is 0 Å². The molecule has 0 unspecified atom stereocenters. The predicted molar refractivity (Wildman–Crippen MR) is 70.8 cm³/mol. The molecule has 100 valence electrons. The smallest absolute Gasteiger partial charge is 0.254 e. The first-order chi connectivity index (χ1) is 9.13. The Morgan fingerprint density at radius 3 is 2.68 bits per heavy atom. The summed E-state index contributed by atoms with van der Waals surface area (Å²) in [5.41, 5.74) is 1.17. The number of phenols is 1. The van der Waals surface area contributed by atoms with E-state index in [0.717, 1.165) is 13.1 Å². The molecule has 0 radical (unpaired) electrons. The Morgan fingerprint density at radius 2 is 2.05 bits per heavy atom. The summed E-state index contributed by atoms with van der Waals surface area (Å²) in [4.78, 5) is 16.2. The molecule has 0 bridgehead atoms. The van der Waals surface area contributed by atoms with Crippen molar-refractivity contribution in [2.24, 2.45) is 0 Å². The van der Waals surface area contributed by atoms with Crippen LogP contribution < -0.4 is 0 Å². The van der Waals surface area contributed by atoms with Crippen molar-refractivity contribution in [2.75, 3.05) is 32.7 Å². The average molecular weight is 259 g/mol. The van der Waals surface area contributed by atoms with Gasteiger partial charge in [0.2, 0.25) is 0 Å². The zero-order valence-corrected chi connectivity index (χ0v) is 11.0. The standard InChI is InChI=1S/C14H17N3O2/c1-11-12(3-2-4-13(11)18)14(19)17-9-7-16(6-5-15)8-10-17/h2-4,18H,6-10H2,1H3. The number of hydrogen-bond acceptors (Lipinski definition) is 4. The number of nitriles is 1. The van der Waals surface area contributed by atoms with Crippen LogP contribution in [-0.4, -0.2) is 53.5 Å². The Bertz CT molecular complexity index is 514. The zero-order chi connectivity index (χ0) is 13.8. The van der Waals surface area contributed by atoms with Gasteiger partial charge >= 0.3 is 0 Å². The number of piperazine rings is 1. The van der Waals surface area contributed by atoms with Gasteiger partial charge in [-0.25, -0.2) is 0 Å². The molecule has 0 atom stereocenters. The van der Waals surface area contributed by atoms with E-state index < -0.39 is 0 Å². The molecule has 5 nitrogen and oxygen atoms in total. The maximum Gasteiger partial charge on any atom is 0.254 e. The number of amides is 1. The van der Waals surface area contributed by atoms with Crippen LogP contribution in [0.3, 0.4) is 0 Å². The fraction of sp³-hybridized carbons (Fsp3) is 0.429. The van der Waals surface area contributed by atoms with Crippen LogP contribution in [0, 0.1) is 18.3 Å². The second-order valence-electron chi connectivity index (χ2n) is 4.68. The lowest BCUT2D eigenvalue weighted by atomic mass is 10.1. The number of carbonyl (C=O) groups excluding carboxylic acids is 1. The molecular formula is C14H17N3O2. The summed E-state index contributed by atoms with van der Waals surface area (Å²) in [7, 11) is 0. The molecule has 0 spiro atoms. The fourth-order valence-electron chi connectivity index (χ4n) is 2.23. The SMILES string of the molecule is Cc1c(O)cccc1C(=O)N1CCN(CC#N)CC1. The van der Waals surface area contributed by atoms with Crippen LogP contribution in [0.5, 0.6) is 5.75 Å². The predicted octanol–water partition coefficient (Wildman–Crippen LogP) is 0.982. The summed E-state index contributed by atoms with van der Waals surface area (Å²) in [5.74, 6) is 0.0963. The van der Waals surface area contributed by atoms with E-state index in [1.165, 1.54) is 0 Å². The monoisotopic (exact) mass is 259 g/mol. The van der Waals surface area contributed by atoms with Gasteiger partial charge in [0.05, 0.1) is 12.6 Å². The third-order valence-electron chi connectivity index (χ3n) is 3.49. The van der Waals surface area contributed by atoms with Crippen LogP contribution in [0.15, 0.2) is 18.2 Å². The zero-order valence-electron chi connectivity index (χ0n) is 11.0. The van der Waals surface area contributed by atoms with E-state index in [1.807, 2.05) is 4.90 Å². The van der Waals surface area contributed by atoms with Crippen molar-refractivity contribution in [1.82, 2.24) is 9.80 Å². The highest BCUT2D eigenvalue weighted by atomic mass is 16.3. The molecule has 1 aliphatic rings. The van der Waals surface area contributed by atoms with E-state index >= 15 is 0 Å². The van der Waals surface area contributed by atoms with Gasteiger partial charge in [-0.05, 0) is 19.1 Å². The van der Waals surface area contributed by atoms with Gasteiger partial charge in [-0.1, -0.05) is 6.07 Å². The lowest BCUT2D eigenvalue weighted by Crippen LogP contribution is -2.48. The molecule has 0 aliphatic carbocycles. The molecule has 5 heteroatoms. The van der Waals surface area contributed by atoms with Crippen molar-refractivity contribution >= 4 is 5.91 Å². The maximum atomic E-state index is 12.4. The van der Waals surface area contributed by atoms with Gasteiger partial charge < -0.3 is 10.0 Å². The molecule has 1 aliphatic heterocycles. The van der Waals surface area contributed by atoms with E-state index in [1.54, 1.807) is 30.0 Å². The molecule has 0 saturated carbocycles. The molecule has 1 aromatic rings. The molecule has 19 heavy (non-hydrogen) atoms. The van der Waals surface area contributed by atoms with E-state index in [4.69, 9.17) is 5.26 Å². The minimum Gasteiger partial charge on any atom is -0.508 e.